The fraction of sp³-hybridized carbons (Fsp3) is 0.538. The molecule has 0 amide bonds. The van der Waals surface area contributed by atoms with Crippen LogP contribution < -0.4 is 19.9 Å². The van der Waals surface area contributed by atoms with Gasteiger partial charge in [0.1, 0.15) is 16.4 Å². The molecule has 0 aliphatic heterocycles. The van der Waals surface area contributed by atoms with E-state index in [1.165, 1.54) is 33.5 Å². The monoisotopic (exact) mass is 318 g/mol. The average Bonchev–Trinajstić information content (AvgIpc) is 2.36. The van der Waals surface area contributed by atoms with Crippen molar-refractivity contribution < 1.29 is 22.6 Å². The van der Waals surface area contributed by atoms with Crippen LogP contribution in [-0.2, 0) is 14.8 Å². The molecule has 0 heterocycles. The van der Waals surface area contributed by atoms with Gasteiger partial charge in [-0.2, -0.15) is 0 Å². The zero-order chi connectivity index (χ0) is 16.3. The Labute approximate surface area is 125 Å². The predicted molar refractivity (Wildman–Crippen MR) is 80.2 cm³/mol. The lowest BCUT2D eigenvalue weighted by molar-refractivity contribution is 0.141. The Bertz CT molecular complexity index is 599. The molecule has 7 nitrogen and oxygen atoms in total. The first kappa shape index (κ1) is 17.5. The zero-order valence-electron chi connectivity index (χ0n) is 12.9. The molecule has 1 aromatic rings. The molecule has 1 aromatic carbocycles. The first-order valence-corrected chi connectivity index (χ1v) is 7.69. The first-order chi connectivity index (χ1) is 9.66. The standard InChI is InChI=1S/C13H22N2O5S/c1-13(2,8-18-3)15-21(16,17)12-6-9(14)10(19-4)7-11(12)20-5/h6-7,15H,8,14H2,1-5H3. The Hall–Kier alpha value is -1.51. The van der Waals surface area contributed by atoms with Gasteiger partial charge in [0.05, 0.1) is 32.1 Å². The van der Waals surface area contributed by atoms with Gasteiger partial charge >= 0.3 is 0 Å². The molecule has 0 unspecified atom stereocenters. The van der Waals surface area contributed by atoms with Crippen LogP contribution in [0.25, 0.3) is 0 Å². The van der Waals surface area contributed by atoms with Crippen molar-refractivity contribution in [2.75, 3.05) is 33.7 Å². The Morgan fingerprint density at radius 3 is 2.19 bits per heavy atom. The van der Waals surface area contributed by atoms with Crippen LogP contribution in [0.3, 0.4) is 0 Å². The fourth-order valence-electron chi connectivity index (χ4n) is 1.91. The van der Waals surface area contributed by atoms with Gasteiger partial charge in [0, 0.05) is 13.2 Å². The Balaban J connectivity index is 3.28. The number of nitrogen functional groups attached to an aromatic ring is 1. The molecule has 0 fully saturated rings. The van der Waals surface area contributed by atoms with Crippen molar-refractivity contribution in [1.82, 2.24) is 4.72 Å². The molecular formula is C13H22N2O5S. The van der Waals surface area contributed by atoms with Crippen LogP contribution in [-0.4, -0.2) is 41.9 Å². The second-order valence-electron chi connectivity index (χ2n) is 5.17. The van der Waals surface area contributed by atoms with Gasteiger partial charge in [0.25, 0.3) is 0 Å². The number of benzene rings is 1. The maximum Gasteiger partial charge on any atom is 0.244 e. The molecule has 0 radical (unpaired) electrons. The molecule has 0 aliphatic carbocycles. The Morgan fingerprint density at radius 1 is 1.14 bits per heavy atom. The lowest BCUT2D eigenvalue weighted by Gasteiger charge is -2.25. The second kappa shape index (κ2) is 6.50. The van der Waals surface area contributed by atoms with Gasteiger partial charge < -0.3 is 19.9 Å². The molecule has 0 aliphatic rings. The van der Waals surface area contributed by atoms with Gasteiger partial charge in [0.15, 0.2) is 0 Å². The van der Waals surface area contributed by atoms with Crippen LogP contribution in [0.4, 0.5) is 5.69 Å². The summed E-state index contributed by atoms with van der Waals surface area (Å²) in [6, 6.07) is 2.75. The van der Waals surface area contributed by atoms with Gasteiger partial charge in [-0.25, -0.2) is 13.1 Å². The van der Waals surface area contributed by atoms with Crippen molar-refractivity contribution >= 4 is 15.7 Å². The molecule has 0 bridgehead atoms. The lowest BCUT2D eigenvalue weighted by Crippen LogP contribution is -2.46. The minimum Gasteiger partial charge on any atom is -0.495 e. The summed E-state index contributed by atoms with van der Waals surface area (Å²) in [5.74, 6) is 0.503. The summed E-state index contributed by atoms with van der Waals surface area (Å²) in [5.41, 5.74) is 5.22. The van der Waals surface area contributed by atoms with Crippen molar-refractivity contribution in [3.8, 4) is 11.5 Å². The normalized spacial score (nSPS) is 12.2. The topological polar surface area (TPSA) is 99.9 Å². The largest absolute Gasteiger partial charge is 0.495 e. The number of sulfonamides is 1. The van der Waals surface area contributed by atoms with E-state index in [1.807, 2.05) is 0 Å². The lowest BCUT2D eigenvalue weighted by atomic mass is 10.1. The van der Waals surface area contributed by atoms with Gasteiger partial charge in [-0.05, 0) is 19.9 Å². The Kier molecular flexibility index (Phi) is 5.43. The van der Waals surface area contributed by atoms with Gasteiger partial charge in [-0.1, -0.05) is 0 Å². The molecular weight excluding hydrogens is 296 g/mol. The van der Waals surface area contributed by atoms with E-state index in [1.54, 1.807) is 13.8 Å². The van der Waals surface area contributed by atoms with E-state index >= 15 is 0 Å². The van der Waals surface area contributed by atoms with Gasteiger partial charge in [0.2, 0.25) is 10.0 Å². The maximum absolute atomic E-state index is 12.5. The molecule has 0 saturated carbocycles. The minimum absolute atomic E-state index is 0.0486. The van der Waals surface area contributed by atoms with E-state index in [-0.39, 0.29) is 22.9 Å². The van der Waals surface area contributed by atoms with E-state index in [4.69, 9.17) is 19.9 Å². The van der Waals surface area contributed by atoms with Crippen LogP contribution in [0.1, 0.15) is 13.8 Å². The minimum atomic E-state index is -3.82. The number of anilines is 1. The quantitative estimate of drug-likeness (QED) is 0.727. The fourth-order valence-corrected chi connectivity index (χ4v) is 3.50. The summed E-state index contributed by atoms with van der Waals surface area (Å²) < 4.78 is 42.8. The van der Waals surface area contributed by atoms with E-state index < -0.39 is 15.6 Å². The smallest absolute Gasteiger partial charge is 0.244 e. The van der Waals surface area contributed by atoms with Crippen LogP contribution in [0.15, 0.2) is 17.0 Å². The van der Waals surface area contributed by atoms with Gasteiger partial charge in [-0.3, -0.25) is 0 Å². The van der Waals surface area contributed by atoms with Crippen molar-refractivity contribution in [2.45, 2.75) is 24.3 Å². The van der Waals surface area contributed by atoms with E-state index in [0.29, 0.717) is 5.75 Å². The number of methoxy groups -OCH3 is 3. The van der Waals surface area contributed by atoms with Crippen molar-refractivity contribution in [1.29, 1.82) is 0 Å². The third-order valence-electron chi connectivity index (χ3n) is 2.72. The van der Waals surface area contributed by atoms with Crippen LogP contribution >= 0.6 is 0 Å². The summed E-state index contributed by atoms with van der Waals surface area (Å²) in [5, 5.41) is 0. The number of rotatable bonds is 7. The summed E-state index contributed by atoms with van der Waals surface area (Å²) >= 11 is 0. The second-order valence-corrected chi connectivity index (χ2v) is 6.82. The predicted octanol–water partition coefficient (Wildman–Crippen LogP) is 0.989. The van der Waals surface area contributed by atoms with E-state index in [2.05, 4.69) is 4.72 Å². The van der Waals surface area contributed by atoms with Gasteiger partial charge in [-0.15, -0.1) is 0 Å². The number of nitrogens with two attached hydrogens (primary N) is 1. The number of hydrogen-bond donors (Lipinski definition) is 2. The third kappa shape index (κ3) is 4.23. The van der Waals surface area contributed by atoms with E-state index in [9.17, 15) is 8.42 Å². The van der Waals surface area contributed by atoms with Crippen LogP contribution in [0.5, 0.6) is 11.5 Å². The summed E-state index contributed by atoms with van der Waals surface area (Å²) in [4.78, 5) is -0.0486. The van der Waals surface area contributed by atoms with E-state index in [0.717, 1.165) is 0 Å². The van der Waals surface area contributed by atoms with Crippen LogP contribution in [0.2, 0.25) is 0 Å². The summed E-state index contributed by atoms with van der Waals surface area (Å²) in [6.07, 6.45) is 0. The number of ether oxygens (including phenoxy) is 3. The molecule has 8 heteroatoms. The number of nitrogens with one attached hydrogen (secondary N) is 1. The molecule has 0 saturated heterocycles. The maximum atomic E-state index is 12.5. The number of hydrogen-bond acceptors (Lipinski definition) is 6. The summed E-state index contributed by atoms with van der Waals surface area (Å²) in [6.45, 7) is 3.65. The molecule has 1 rings (SSSR count). The SMILES string of the molecule is COCC(C)(C)NS(=O)(=O)c1cc(N)c(OC)cc1OC. The zero-order valence-corrected chi connectivity index (χ0v) is 13.7. The highest BCUT2D eigenvalue weighted by molar-refractivity contribution is 7.89. The average molecular weight is 318 g/mol. The van der Waals surface area contributed by atoms with Crippen LogP contribution in [0, 0.1) is 0 Å². The molecule has 0 aromatic heterocycles. The van der Waals surface area contributed by atoms with Crippen molar-refractivity contribution in [2.24, 2.45) is 0 Å². The molecule has 0 spiro atoms. The third-order valence-corrected chi connectivity index (χ3v) is 4.44. The molecule has 120 valence electrons. The highest BCUT2D eigenvalue weighted by Crippen LogP contribution is 2.34. The Morgan fingerprint density at radius 2 is 1.71 bits per heavy atom. The molecule has 21 heavy (non-hydrogen) atoms. The first-order valence-electron chi connectivity index (χ1n) is 6.21. The molecule has 0 atom stereocenters. The highest BCUT2D eigenvalue weighted by Gasteiger charge is 2.29. The van der Waals surface area contributed by atoms with Crippen molar-refractivity contribution in [3.63, 3.8) is 0 Å². The summed E-state index contributed by atoms with van der Waals surface area (Å²) in [7, 11) is 0.504. The molecule has 3 N–H and O–H groups in total. The van der Waals surface area contributed by atoms with Crippen molar-refractivity contribution in [3.05, 3.63) is 12.1 Å². The highest BCUT2D eigenvalue weighted by atomic mass is 32.2.